The summed E-state index contributed by atoms with van der Waals surface area (Å²) in [5.74, 6) is -0.561. The Labute approximate surface area is 89.2 Å². The van der Waals surface area contributed by atoms with E-state index >= 15 is 0 Å². The van der Waals surface area contributed by atoms with Crippen LogP contribution in [-0.4, -0.2) is 18.1 Å². The second-order valence-electron chi connectivity index (χ2n) is 3.09. The average Bonchev–Trinajstić information content (AvgIpc) is 2.31. The van der Waals surface area contributed by atoms with Gasteiger partial charge in [0, 0.05) is 31.4 Å². The van der Waals surface area contributed by atoms with Crippen molar-refractivity contribution in [2.75, 3.05) is 13.1 Å². The first-order valence-electron chi connectivity index (χ1n) is 4.76. The van der Waals surface area contributed by atoms with E-state index < -0.39 is 5.92 Å². The van der Waals surface area contributed by atoms with Gasteiger partial charge in [0.2, 0.25) is 0 Å². The summed E-state index contributed by atoms with van der Waals surface area (Å²) in [6, 6.07) is 9.59. The van der Waals surface area contributed by atoms with Crippen LogP contribution in [0.15, 0.2) is 24.4 Å². The molecule has 15 heavy (non-hydrogen) atoms. The van der Waals surface area contributed by atoms with Crippen LogP contribution in [-0.2, 0) is 6.42 Å². The van der Waals surface area contributed by atoms with Gasteiger partial charge in [0.05, 0.1) is 12.1 Å². The normalized spacial score (nSPS) is 9.53. The van der Waals surface area contributed by atoms with E-state index in [0.717, 1.165) is 18.7 Å². The van der Waals surface area contributed by atoms with Gasteiger partial charge in [-0.05, 0) is 12.1 Å². The van der Waals surface area contributed by atoms with Crippen LogP contribution in [0.2, 0.25) is 0 Å². The average molecular weight is 200 g/mol. The Morgan fingerprint density at radius 2 is 2.13 bits per heavy atom. The number of nitrogens with zero attached hydrogens (tertiary/aromatic N) is 3. The van der Waals surface area contributed by atoms with E-state index in [1.54, 1.807) is 6.20 Å². The van der Waals surface area contributed by atoms with Gasteiger partial charge in [0.15, 0.2) is 0 Å². The summed E-state index contributed by atoms with van der Waals surface area (Å²) in [6.45, 7) is 1.15. The fourth-order valence-electron chi connectivity index (χ4n) is 1.13. The lowest BCUT2D eigenvalue weighted by molar-refractivity contribution is 0.636. The van der Waals surface area contributed by atoms with Crippen molar-refractivity contribution in [1.82, 2.24) is 10.3 Å². The minimum Gasteiger partial charge on any atom is -0.314 e. The number of rotatable bonds is 5. The van der Waals surface area contributed by atoms with Gasteiger partial charge in [-0.25, -0.2) is 0 Å². The van der Waals surface area contributed by atoms with E-state index in [2.05, 4.69) is 10.3 Å². The summed E-state index contributed by atoms with van der Waals surface area (Å²) in [7, 11) is 0. The number of pyridine rings is 1. The Hall–Kier alpha value is -1.91. The zero-order valence-corrected chi connectivity index (χ0v) is 8.35. The molecule has 0 saturated carbocycles. The second kappa shape index (κ2) is 6.53. The van der Waals surface area contributed by atoms with Gasteiger partial charge in [-0.2, -0.15) is 10.5 Å². The molecule has 0 aliphatic rings. The van der Waals surface area contributed by atoms with E-state index in [4.69, 9.17) is 10.5 Å². The summed E-state index contributed by atoms with van der Waals surface area (Å²) >= 11 is 0. The molecule has 0 spiro atoms. The second-order valence-corrected chi connectivity index (χ2v) is 3.09. The maximum Gasteiger partial charge on any atom is 0.145 e. The molecule has 0 saturated heterocycles. The Kier molecular flexibility index (Phi) is 4.86. The molecule has 0 aromatic carbocycles. The first kappa shape index (κ1) is 11.2. The molecule has 1 aromatic heterocycles. The minimum atomic E-state index is -0.561. The monoisotopic (exact) mass is 200 g/mol. The van der Waals surface area contributed by atoms with Gasteiger partial charge in [-0.1, -0.05) is 6.07 Å². The molecule has 0 unspecified atom stereocenters. The topological polar surface area (TPSA) is 72.5 Å². The highest BCUT2D eigenvalue weighted by Gasteiger charge is 2.03. The number of hydrogen-bond donors (Lipinski definition) is 1. The first-order valence-corrected chi connectivity index (χ1v) is 4.76. The lowest BCUT2D eigenvalue weighted by Crippen LogP contribution is -2.23. The number of hydrogen-bond acceptors (Lipinski definition) is 4. The Bertz CT molecular complexity index is 346. The van der Waals surface area contributed by atoms with Gasteiger partial charge in [-0.15, -0.1) is 0 Å². The summed E-state index contributed by atoms with van der Waals surface area (Å²) in [6.07, 6.45) is 2.56. The van der Waals surface area contributed by atoms with Gasteiger partial charge < -0.3 is 5.32 Å². The maximum absolute atomic E-state index is 8.52. The van der Waals surface area contributed by atoms with Crippen molar-refractivity contribution >= 4 is 0 Å². The van der Waals surface area contributed by atoms with Gasteiger partial charge >= 0.3 is 0 Å². The molecule has 76 valence electrons. The number of nitrogens with one attached hydrogen (secondary N) is 1. The maximum atomic E-state index is 8.52. The van der Waals surface area contributed by atoms with Crippen molar-refractivity contribution in [3.63, 3.8) is 0 Å². The smallest absolute Gasteiger partial charge is 0.145 e. The largest absolute Gasteiger partial charge is 0.314 e. The highest BCUT2D eigenvalue weighted by atomic mass is 14.9. The van der Waals surface area contributed by atoms with Crippen LogP contribution in [0.4, 0.5) is 0 Å². The van der Waals surface area contributed by atoms with Crippen molar-refractivity contribution in [1.29, 1.82) is 10.5 Å². The van der Waals surface area contributed by atoms with Crippen LogP contribution in [0.3, 0.4) is 0 Å². The van der Waals surface area contributed by atoms with E-state index in [0.29, 0.717) is 6.54 Å². The molecule has 1 heterocycles. The van der Waals surface area contributed by atoms with Gasteiger partial charge in [0.25, 0.3) is 0 Å². The van der Waals surface area contributed by atoms with E-state index in [1.807, 2.05) is 30.3 Å². The zero-order chi connectivity index (χ0) is 10.9. The first-order chi connectivity index (χ1) is 7.36. The lowest BCUT2D eigenvalue weighted by atomic mass is 10.2. The van der Waals surface area contributed by atoms with Crippen LogP contribution in [0.5, 0.6) is 0 Å². The van der Waals surface area contributed by atoms with Crippen molar-refractivity contribution in [2.45, 2.75) is 6.42 Å². The molecule has 1 aromatic rings. The van der Waals surface area contributed by atoms with E-state index in [9.17, 15) is 0 Å². The highest BCUT2D eigenvalue weighted by Crippen LogP contribution is 1.94. The third kappa shape index (κ3) is 4.21. The molecule has 1 N–H and O–H groups in total. The molecule has 0 bridgehead atoms. The third-order valence-corrected chi connectivity index (χ3v) is 1.94. The van der Waals surface area contributed by atoms with Crippen molar-refractivity contribution in [3.8, 4) is 12.1 Å². The lowest BCUT2D eigenvalue weighted by Gasteiger charge is -2.03. The Balaban J connectivity index is 2.19. The van der Waals surface area contributed by atoms with Crippen LogP contribution in [0.1, 0.15) is 5.69 Å². The number of aromatic nitrogens is 1. The molecule has 0 fully saturated rings. The van der Waals surface area contributed by atoms with Crippen LogP contribution < -0.4 is 5.32 Å². The summed E-state index contributed by atoms with van der Waals surface area (Å²) in [5, 5.41) is 20.1. The molecular weight excluding hydrogens is 188 g/mol. The molecule has 0 atom stereocenters. The predicted octanol–water partition coefficient (Wildman–Crippen LogP) is 0.877. The van der Waals surface area contributed by atoms with Crippen molar-refractivity contribution < 1.29 is 0 Å². The van der Waals surface area contributed by atoms with E-state index in [1.165, 1.54) is 0 Å². The van der Waals surface area contributed by atoms with Crippen LogP contribution in [0, 0.1) is 28.6 Å². The summed E-state index contributed by atoms with van der Waals surface area (Å²) in [4.78, 5) is 4.17. The zero-order valence-electron chi connectivity index (χ0n) is 8.35. The van der Waals surface area contributed by atoms with Crippen molar-refractivity contribution in [3.05, 3.63) is 30.1 Å². The quantitative estimate of drug-likeness (QED) is 0.716. The molecule has 0 amide bonds. The SMILES string of the molecule is N#CC(C#N)CNCCc1ccccn1. The van der Waals surface area contributed by atoms with Crippen molar-refractivity contribution in [2.24, 2.45) is 5.92 Å². The standard InChI is InChI=1S/C11H12N4/c12-7-10(8-13)9-14-6-4-11-3-1-2-5-15-11/h1-3,5,10,14H,4,6,9H2. The third-order valence-electron chi connectivity index (χ3n) is 1.94. The molecule has 0 aliphatic carbocycles. The molecule has 0 radical (unpaired) electrons. The summed E-state index contributed by atoms with van der Waals surface area (Å²) in [5.41, 5.74) is 1.01. The van der Waals surface area contributed by atoms with Crippen LogP contribution in [0.25, 0.3) is 0 Å². The fourth-order valence-corrected chi connectivity index (χ4v) is 1.13. The number of nitriles is 2. The Morgan fingerprint density at radius 3 is 2.73 bits per heavy atom. The van der Waals surface area contributed by atoms with Crippen LogP contribution >= 0.6 is 0 Å². The minimum absolute atomic E-state index is 0.417. The highest BCUT2D eigenvalue weighted by molar-refractivity contribution is 5.04. The predicted molar refractivity (Wildman–Crippen MR) is 55.5 cm³/mol. The molecule has 1 rings (SSSR count). The molecular formula is C11H12N4. The summed E-state index contributed by atoms with van der Waals surface area (Å²) < 4.78 is 0. The molecule has 4 heteroatoms. The molecule has 4 nitrogen and oxygen atoms in total. The van der Waals surface area contributed by atoms with Gasteiger partial charge in [-0.3, -0.25) is 4.98 Å². The fraction of sp³-hybridized carbons (Fsp3) is 0.364. The van der Waals surface area contributed by atoms with Gasteiger partial charge in [0.1, 0.15) is 5.92 Å². The van der Waals surface area contributed by atoms with E-state index in [-0.39, 0.29) is 0 Å². The Morgan fingerprint density at radius 1 is 1.33 bits per heavy atom. The molecule has 0 aliphatic heterocycles.